The molecule has 0 aliphatic rings. The Kier molecular flexibility index (Phi) is 6.26. The van der Waals surface area contributed by atoms with E-state index >= 15 is 0 Å². The first-order valence-electron chi connectivity index (χ1n) is 9.17. The van der Waals surface area contributed by atoms with E-state index in [1.807, 2.05) is 43.3 Å². The van der Waals surface area contributed by atoms with Crippen LogP contribution >= 0.6 is 12.2 Å². The van der Waals surface area contributed by atoms with Crippen LogP contribution in [0.25, 0.3) is 10.9 Å². The summed E-state index contributed by atoms with van der Waals surface area (Å²) in [5.41, 5.74) is 1.54. The van der Waals surface area contributed by atoms with Gasteiger partial charge in [-0.3, -0.25) is 14.2 Å². The Hall–Kier alpha value is -2.93. The maximum atomic E-state index is 12.6. The van der Waals surface area contributed by atoms with E-state index in [-0.39, 0.29) is 24.4 Å². The Morgan fingerprint density at radius 2 is 1.89 bits per heavy atom. The summed E-state index contributed by atoms with van der Waals surface area (Å²) in [5, 5.41) is 0.561. The van der Waals surface area contributed by atoms with Crippen molar-refractivity contribution in [2.24, 2.45) is 0 Å². The average Bonchev–Trinajstić information content (AvgIpc) is 2.69. The average molecular weight is 398 g/mol. The first kappa shape index (κ1) is 19.8. The number of para-hydroxylation sites is 1. The number of carbonyl (C=O) groups is 1. The van der Waals surface area contributed by atoms with Gasteiger partial charge in [0.15, 0.2) is 4.77 Å². The molecule has 0 unspecified atom stereocenters. The summed E-state index contributed by atoms with van der Waals surface area (Å²) in [6.07, 6.45) is 0.198. The van der Waals surface area contributed by atoms with Gasteiger partial charge >= 0.3 is 0 Å². The number of H-pyrrole nitrogens is 1. The van der Waals surface area contributed by atoms with E-state index in [1.165, 1.54) is 4.57 Å². The van der Waals surface area contributed by atoms with Crippen molar-refractivity contribution in [1.82, 2.24) is 14.5 Å². The quantitative estimate of drug-likeness (QED) is 0.620. The van der Waals surface area contributed by atoms with Gasteiger partial charge in [-0.2, -0.15) is 0 Å². The molecule has 0 saturated carbocycles. The fourth-order valence-electron chi connectivity index (χ4n) is 3.02. The summed E-state index contributed by atoms with van der Waals surface area (Å²) in [4.78, 5) is 29.9. The molecule has 0 fully saturated rings. The van der Waals surface area contributed by atoms with Gasteiger partial charge in [0.25, 0.3) is 5.56 Å². The zero-order valence-electron chi connectivity index (χ0n) is 16.0. The molecule has 0 aliphatic heterocycles. The van der Waals surface area contributed by atoms with Crippen LogP contribution in [0.4, 0.5) is 0 Å². The van der Waals surface area contributed by atoms with Crippen LogP contribution < -0.4 is 10.3 Å². The Bertz CT molecular complexity index is 1090. The number of ether oxygens (including phenoxy) is 1. The minimum absolute atomic E-state index is 0.0525. The molecule has 2 aromatic carbocycles. The number of aromatic nitrogens is 2. The predicted molar refractivity (Wildman–Crippen MR) is 112 cm³/mol. The van der Waals surface area contributed by atoms with Crippen LogP contribution in [-0.2, 0) is 17.9 Å². The Labute approximate surface area is 168 Å². The minimum atomic E-state index is -0.179. The second-order valence-electron chi connectivity index (χ2n) is 6.51. The van der Waals surface area contributed by atoms with Crippen LogP contribution in [0.2, 0.25) is 0 Å². The lowest BCUT2D eigenvalue weighted by Crippen LogP contribution is -2.29. The highest BCUT2D eigenvalue weighted by Crippen LogP contribution is 2.14. The smallest absolute Gasteiger partial charge is 0.262 e. The van der Waals surface area contributed by atoms with Crippen molar-refractivity contribution in [3.63, 3.8) is 0 Å². The van der Waals surface area contributed by atoms with Crippen molar-refractivity contribution >= 4 is 29.0 Å². The van der Waals surface area contributed by atoms with Crippen LogP contribution in [0.5, 0.6) is 5.75 Å². The van der Waals surface area contributed by atoms with Gasteiger partial charge in [0, 0.05) is 26.6 Å². The minimum Gasteiger partial charge on any atom is -0.494 e. The van der Waals surface area contributed by atoms with E-state index in [2.05, 4.69) is 4.98 Å². The monoisotopic (exact) mass is 397 g/mol. The summed E-state index contributed by atoms with van der Waals surface area (Å²) < 4.78 is 7.20. The Morgan fingerprint density at radius 1 is 1.18 bits per heavy atom. The molecule has 0 radical (unpaired) electrons. The van der Waals surface area contributed by atoms with Crippen LogP contribution in [0.3, 0.4) is 0 Å². The predicted octanol–water partition coefficient (Wildman–Crippen LogP) is 3.51. The molecule has 1 N–H and O–H groups in total. The van der Waals surface area contributed by atoms with Crippen molar-refractivity contribution in [3.8, 4) is 5.75 Å². The first-order valence-corrected chi connectivity index (χ1v) is 9.58. The molecule has 0 spiro atoms. The van der Waals surface area contributed by atoms with Crippen LogP contribution in [-0.4, -0.2) is 34.0 Å². The Balaban J connectivity index is 1.66. The topological polar surface area (TPSA) is 67.3 Å². The van der Waals surface area contributed by atoms with E-state index in [0.717, 1.165) is 11.3 Å². The highest BCUT2D eigenvalue weighted by molar-refractivity contribution is 7.71. The number of fused-ring (bicyclic) bond motifs is 1. The Morgan fingerprint density at radius 3 is 2.61 bits per heavy atom. The highest BCUT2D eigenvalue weighted by atomic mass is 32.1. The SMILES string of the molecule is CCOc1ccc(CN(C)C(=O)CCn2c(=S)[nH]c3ccccc3c2=O)cc1. The standard InChI is InChI=1S/C21H23N3O3S/c1-3-27-16-10-8-15(9-11-16)14-23(2)19(25)12-13-24-20(26)17-6-4-5-7-18(17)22-21(24)28/h4-11H,3,12-14H2,1-2H3,(H,22,28). The number of hydrogen-bond acceptors (Lipinski definition) is 4. The third-order valence-corrected chi connectivity index (χ3v) is 4.84. The molecule has 6 nitrogen and oxygen atoms in total. The van der Waals surface area contributed by atoms with Crippen LogP contribution in [0.1, 0.15) is 18.9 Å². The summed E-state index contributed by atoms with van der Waals surface area (Å²) in [5.74, 6) is 0.758. The van der Waals surface area contributed by atoms with Crippen molar-refractivity contribution in [3.05, 3.63) is 69.2 Å². The molecular formula is C21H23N3O3S. The summed E-state index contributed by atoms with van der Waals surface area (Å²) >= 11 is 5.29. The number of amides is 1. The number of carbonyl (C=O) groups excluding carboxylic acids is 1. The fraction of sp³-hybridized carbons (Fsp3) is 0.286. The molecule has 3 rings (SSSR count). The van der Waals surface area contributed by atoms with E-state index < -0.39 is 0 Å². The molecule has 7 heteroatoms. The number of nitrogens with zero attached hydrogens (tertiary/aromatic N) is 2. The molecule has 0 saturated heterocycles. The number of aromatic amines is 1. The number of nitrogens with one attached hydrogen (secondary N) is 1. The van der Waals surface area contributed by atoms with E-state index in [1.54, 1.807) is 24.1 Å². The van der Waals surface area contributed by atoms with Crippen molar-refractivity contribution < 1.29 is 9.53 Å². The maximum absolute atomic E-state index is 12.6. The maximum Gasteiger partial charge on any atom is 0.262 e. The van der Waals surface area contributed by atoms with Gasteiger partial charge in [0.2, 0.25) is 5.91 Å². The number of hydrogen-bond donors (Lipinski definition) is 1. The molecule has 0 bridgehead atoms. The van der Waals surface area contributed by atoms with Gasteiger partial charge in [-0.05, 0) is 49.0 Å². The largest absolute Gasteiger partial charge is 0.494 e. The van der Waals surface area contributed by atoms with Gasteiger partial charge in [0.1, 0.15) is 5.75 Å². The lowest BCUT2D eigenvalue weighted by molar-refractivity contribution is -0.130. The van der Waals surface area contributed by atoms with Crippen molar-refractivity contribution in [2.75, 3.05) is 13.7 Å². The molecule has 0 atom stereocenters. The molecular weight excluding hydrogens is 374 g/mol. The van der Waals surface area contributed by atoms with Crippen LogP contribution in [0.15, 0.2) is 53.3 Å². The third kappa shape index (κ3) is 4.48. The van der Waals surface area contributed by atoms with Gasteiger partial charge in [-0.1, -0.05) is 24.3 Å². The molecule has 1 heterocycles. The molecule has 1 aromatic heterocycles. The van der Waals surface area contributed by atoms with Gasteiger partial charge < -0.3 is 14.6 Å². The van der Waals surface area contributed by atoms with Gasteiger partial charge in [-0.15, -0.1) is 0 Å². The normalized spacial score (nSPS) is 10.8. The second-order valence-corrected chi connectivity index (χ2v) is 6.90. The molecule has 1 amide bonds. The van der Waals surface area contributed by atoms with Gasteiger partial charge in [-0.25, -0.2) is 0 Å². The van der Waals surface area contributed by atoms with Crippen molar-refractivity contribution in [1.29, 1.82) is 0 Å². The van der Waals surface area contributed by atoms with E-state index in [4.69, 9.17) is 17.0 Å². The first-order chi connectivity index (χ1) is 13.5. The van der Waals surface area contributed by atoms with Crippen molar-refractivity contribution in [2.45, 2.75) is 26.4 Å². The molecule has 0 aliphatic carbocycles. The zero-order valence-corrected chi connectivity index (χ0v) is 16.8. The molecule has 3 aromatic rings. The molecule has 28 heavy (non-hydrogen) atoms. The zero-order chi connectivity index (χ0) is 20.1. The lowest BCUT2D eigenvalue weighted by Gasteiger charge is -2.18. The highest BCUT2D eigenvalue weighted by Gasteiger charge is 2.12. The lowest BCUT2D eigenvalue weighted by atomic mass is 10.2. The fourth-order valence-corrected chi connectivity index (χ4v) is 3.30. The third-order valence-electron chi connectivity index (χ3n) is 4.52. The number of benzene rings is 2. The second kappa shape index (κ2) is 8.84. The summed E-state index contributed by atoms with van der Waals surface area (Å²) in [7, 11) is 1.75. The van der Waals surface area contributed by atoms with Crippen LogP contribution in [0, 0.1) is 4.77 Å². The number of rotatable bonds is 7. The van der Waals surface area contributed by atoms with E-state index in [9.17, 15) is 9.59 Å². The molecule has 146 valence electrons. The summed E-state index contributed by atoms with van der Waals surface area (Å²) in [6.45, 7) is 3.29. The summed E-state index contributed by atoms with van der Waals surface area (Å²) in [6, 6.07) is 14.9. The van der Waals surface area contributed by atoms with Gasteiger partial charge in [0.05, 0.1) is 17.5 Å². The van der Waals surface area contributed by atoms with E-state index in [0.29, 0.717) is 28.8 Å².